The first-order valence-electron chi connectivity index (χ1n) is 17.2. The molecule has 2 aromatic carbocycles. The van der Waals surface area contributed by atoms with Crippen molar-refractivity contribution in [1.29, 1.82) is 0 Å². The number of hydrogen-bond acceptors (Lipinski definition) is 9. The molecule has 1 fully saturated rings. The van der Waals surface area contributed by atoms with Gasteiger partial charge in [0.2, 0.25) is 11.8 Å². The maximum absolute atomic E-state index is 15.4. The zero-order chi connectivity index (χ0) is 39.8. The highest BCUT2D eigenvalue weighted by Crippen LogP contribution is 2.68. The number of pyridine rings is 1. The number of benzene rings is 2. The van der Waals surface area contributed by atoms with Crippen molar-refractivity contribution in [3.8, 4) is 11.6 Å². The summed E-state index contributed by atoms with van der Waals surface area (Å²) in [6, 6.07) is 7.24. The first-order chi connectivity index (χ1) is 26.7. The van der Waals surface area contributed by atoms with Gasteiger partial charge in [-0.25, -0.2) is 22.5 Å². The minimum atomic E-state index is -3.50. The maximum Gasteiger partial charge on any atom is 0.293 e. The van der Waals surface area contributed by atoms with Crippen LogP contribution in [-0.2, 0) is 30.7 Å². The Morgan fingerprint density at radius 1 is 1.11 bits per heavy atom. The summed E-state index contributed by atoms with van der Waals surface area (Å²) < 4.78 is 100.0. The largest absolute Gasteiger partial charge is 0.478 e. The summed E-state index contributed by atoms with van der Waals surface area (Å²) in [5, 5.41) is 11.7. The van der Waals surface area contributed by atoms with E-state index < -0.39 is 77.7 Å². The van der Waals surface area contributed by atoms with Crippen LogP contribution >= 0.6 is 23.5 Å². The van der Waals surface area contributed by atoms with Gasteiger partial charge in [0.05, 0.1) is 39.6 Å². The van der Waals surface area contributed by atoms with Crippen molar-refractivity contribution in [3.05, 3.63) is 97.8 Å². The van der Waals surface area contributed by atoms with Crippen LogP contribution in [0.15, 0.2) is 47.3 Å². The second-order valence-corrected chi connectivity index (χ2v) is 14.4. The van der Waals surface area contributed by atoms with Crippen LogP contribution < -0.4 is 20.3 Å². The van der Waals surface area contributed by atoms with Crippen LogP contribution in [0.4, 0.5) is 32.2 Å². The van der Waals surface area contributed by atoms with E-state index in [1.807, 2.05) is 0 Å². The van der Waals surface area contributed by atoms with E-state index in [-0.39, 0.29) is 57.6 Å². The normalized spacial score (nSPS) is 17.3. The molecule has 2 N–H and O–H groups in total. The van der Waals surface area contributed by atoms with Crippen LogP contribution in [0.25, 0.3) is 27.6 Å². The number of anilines is 1. The Bertz CT molecular complexity index is 2610. The highest BCUT2D eigenvalue weighted by atomic mass is 35.5. The fourth-order valence-corrected chi connectivity index (χ4v) is 8.17. The van der Waals surface area contributed by atoms with Crippen LogP contribution in [0, 0.1) is 17.6 Å². The third kappa shape index (κ3) is 6.29. The molecule has 0 saturated heterocycles. The predicted octanol–water partition coefficient (Wildman–Crippen LogP) is 7.13. The van der Waals surface area contributed by atoms with Crippen LogP contribution in [0.2, 0.25) is 5.02 Å². The lowest BCUT2D eigenvalue weighted by Crippen LogP contribution is -2.38. The highest BCUT2D eigenvalue weighted by molar-refractivity contribution is 7.99. The van der Waals surface area contributed by atoms with Crippen molar-refractivity contribution in [1.82, 2.24) is 39.4 Å². The first kappa shape index (κ1) is 37.6. The van der Waals surface area contributed by atoms with Gasteiger partial charge in [0.15, 0.2) is 11.5 Å². The molecule has 12 nitrogen and oxygen atoms in total. The van der Waals surface area contributed by atoms with E-state index in [9.17, 15) is 27.2 Å². The van der Waals surface area contributed by atoms with E-state index in [0.717, 1.165) is 12.1 Å². The van der Waals surface area contributed by atoms with Crippen molar-refractivity contribution in [2.45, 2.75) is 50.6 Å². The number of carbonyl (C=O) groups is 1. The topological polar surface area (TPSA) is 134 Å². The molecule has 1 amide bonds. The average Bonchev–Trinajstić information content (AvgIpc) is 3.66. The molecule has 1 saturated carbocycles. The third-order valence-corrected chi connectivity index (χ3v) is 10.6. The number of carbonyl (C=O) groups excluding carboxylic acids is 1. The van der Waals surface area contributed by atoms with Crippen LogP contribution in [-0.4, -0.2) is 52.9 Å². The monoisotopic (exact) mass is 817 g/mol. The van der Waals surface area contributed by atoms with Gasteiger partial charge in [0.1, 0.15) is 35.4 Å². The molecule has 6 aromatic rings. The van der Waals surface area contributed by atoms with Crippen molar-refractivity contribution in [3.63, 3.8) is 0 Å². The Morgan fingerprint density at radius 2 is 1.86 bits per heavy atom. The summed E-state index contributed by atoms with van der Waals surface area (Å²) in [5.74, 6) is -8.04. The van der Waals surface area contributed by atoms with Gasteiger partial charge in [-0.1, -0.05) is 23.5 Å². The van der Waals surface area contributed by atoms with E-state index in [1.54, 1.807) is 20.2 Å². The number of fused-ring (bicyclic) bond motifs is 5. The minimum Gasteiger partial charge on any atom is -0.478 e. The van der Waals surface area contributed by atoms with Gasteiger partial charge in [0.25, 0.3) is 17.9 Å². The number of aromatic nitrogens is 7. The summed E-state index contributed by atoms with van der Waals surface area (Å²) in [5.41, 5.74) is -2.06. The Balaban J connectivity index is 1.32. The molecule has 2 aliphatic rings. The fraction of sp³-hybridized carbons (Fsp3) is 0.333. The summed E-state index contributed by atoms with van der Waals surface area (Å²) >= 11 is 7.91. The quantitative estimate of drug-likeness (QED) is 0.0978. The Labute approximate surface area is 322 Å². The number of rotatable bonds is 12. The molecule has 2 aliphatic carbocycles. The standard InChI is InChI=1S/C36H30ClF6N9O3S/c1-4-55-25-8-5-18-32(45-25)46-34(52(35(18)54)23-7-6-21(37)27-29(23)50(2)48-33(27)49-56-3)22(11-15-9-16(38)12-17(39)10-15)44-24(53)14-51-30-26(28(47-51)31(40)41)19-13-20(19)36(30,42)43/h5-10,12,19-20,22,31H,4,11,13-14H2,1-3H3,(H,44,53)(H,48,49). The summed E-state index contributed by atoms with van der Waals surface area (Å²) in [4.78, 5) is 37.8. The number of alkyl halides is 4. The molecule has 0 spiro atoms. The number of aryl methyl sites for hydroxylation is 1. The molecule has 3 atom stereocenters. The number of nitrogens with one attached hydrogen (secondary N) is 2. The SMILES string of the molecule is CCOc1ccc2c(=O)n(-c3ccc(Cl)c4c(NSC)nn(C)c34)c(C(Cc3cc(F)cc(F)c3)NC(=O)Cn3nc(C(F)F)c4c3C(F)(F)C3CC43)nc2n1. The first-order valence-corrected chi connectivity index (χ1v) is 18.8. The lowest BCUT2D eigenvalue weighted by Gasteiger charge is -2.24. The van der Waals surface area contributed by atoms with Gasteiger partial charge in [0, 0.05) is 43.3 Å². The molecular weight excluding hydrogens is 788 g/mol. The number of ether oxygens (including phenoxy) is 1. The molecule has 56 heavy (non-hydrogen) atoms. The molecule has 0 bridgehead atoms. The predicted molar refractivity (Wildman–Crippen MR) is 196 cm³/mol. The van der Waals surface area contributed by atoms with E-state index in [4.69, 9.17) is 21.3 Å². The van der Waals surface area contributed by atoms with Gasteiger partial charge in [-0.15, -0.1) is 0 Å². The van der Waals surface area contributed by atoms with Crippen molar-refractivity contribution >= 4 is 57.2 Å². The molecule has 3 unspecified atom stereocenters. The number of amides is 1. The molecule has 8 rings (SSSR count). The average molecular weight is 818 g/mol. The zero-order valence-electron chi connectivity index (χ0n) is 29.6. The van der Waals surface area contributed by atoms with Crippen molar-refractivity contribution in [2.75, 3.05) is 17.6 Å². The second kappa shape index (κ2) is 14.0. The van der Waals surface area contributed by atoms with Gasteiger partial charge < -0.3 is 14.8 Å². The van der Waals surface area contributed by atoms with Crippen LogP contribution in [0.5, 0.6) is 5.88 Å². The number of hydrogen-bond donors (Lipinski definition) is 2. The summed E-state index contributed by atoms with van der Waals surface area (Å²) in [6.07, 6.45) is -1.77. The van der Waals surface area contributed by atoms with Gasteiger partial charge in [-0.2, -0.15) is 24.0 Å². The second-order valence-electron chi connectivity index (χ2n) is 13.4. The smallest absolute Gasteiger partial charge is 0.293 e. The zero-order valence-corrected chi connectivity index (χ0v) is 31.2. The molecule has 0 aliphatic heterocycles. The molecule has 4 aromatic heterocycles. The Hall–Kier alpha value is -5.30. The van der Waals surface area contributed by atoms with Crippen LogP contribution in [0.3, 0.4) is 0 Å². The van der Waals surface area contributed by atoms with Gasteiger partial charge >= 0.3 is 0 Å². The highest BCUT2D eigenvalue weighted by Gasteiger charge is 2.67. The lowest BCUT2D eigenvalue weighted by molar-refractivity contribution is -0.123. The third-order valence-electron chi connectivity index (χ3n) is 9.85. The van der Waals surface area contributed by atoms with Crippen molar-refractivity contribution in [2.24, 2.45) is 13.0 Å². The molecule has 292 valence electrons. The number of nitrogens with zero attached hydrogens (tertiary/aromatic N) is 7. The fourth-order valence-electron chi connectivity index (χ4n) is 7.59. The summed E-state index contributed by atoms with van der Waals surface area (Å²) in [7, 11) is 1.62. The Kier molecular flexibility index (Phi) is 9.42. The number of halogens is 7. The van der Waals surface area contributed by atoms with Crippen molar-refractivity contribution < 1.29 is 35.9 Å². The van der Waals surface area contributed by atoms with E-state index in [0.29, 0.717) is 27.5 Å². The van der Waals surface area contributed by atoms with E-state index in [1.165, 1.54) is 45.5 Å². The molecular formula is C36H30ClF6N9O3S. The summed E-state index contributed by atoms with van der Waals surface area (Å²) in [6.45, 7) is 1.02. The van der Waals surface area contributed by atoms with Crippen LogP contribution in [0.1, 0.15) is 60.1 Å². The van der Waals surface area contributed by atoms with Gasteiger partial charge in [-0.05, 0) is 55.2 Å². The maximum atomic E-state index is 15.4. The molecule has 20 heteroatoms. The van der Waals surface area contributed by atoms with E-state index in [2.05, 4.69) is 25.2 Å². The minimum absolute atomic E-state index is 0.0181. The molecule has 0 radical (unpaired) electrons. The Morgan fingerprint density at radius 3 is 2.55 bits per heavy atom. The molecule has 4 heterocycles. The van der Waals surface area contributed by atoms with E-state index >= 15 is 8.78 Å². The van der Waals surface area contributed by atoms with Gasteiger partial charge in [-0.3, -0.25) is 23.5 Å². The lowest BCUT2D eigenvalue weighted by atomic mass is 10.0.